The van der Waals surface area contributed by atoms with Crippen molar-refractivity contribution in [2.24, 2.45) is 0 Å². The van der Waals surface area contributed by atoms with Gasteiger partial charge in [-0.3, -0.25) is 9.69 Å². The van der Waals surface area contributed by atoms with E-state index in [4.69, 9.17) is 11.6 Å². The highest BCUT2D eigenvalue weighted by molar-refractivity contribution is 6.30. The molecule has 0 unspecified atom stereocenters. The summed E-state index contributed by atoms with van der Waals surface area (Å²) in [6, 6.07) is 7.51. The summed E-state index contributed by atoms with van der Waals surface area (Å²) in [5, 5.41) is 0.708. The standard InChI is InChI=1S/C16H23ClN2O/c1-16(2,3)19-10-8-18(9-11-19)15(20)12-13-4-6-14(17)7-5-13/h4-7H,8-12H2,1-3H3. The molecule has 0 radical (unpaired) electrons. The molecule has 0 aliphatic carbocycles. The van der Waals surface area contributed by atoms with Crippen molar-refractivity contribution in [3.63, 3.8) is 0 Å². The molecule has 1 aromatic carbocycles. The van der Waals surface area contributed by atoms with Gasteiger partial charge < -0.3 is 4.90 Å². The predicted molar refractivity (Wildman–Crippen MR) is 83.1 cm³/mol. The van der Waals surface area contributed by atoms with Gasteiger partial charge in [-0.25, -0.2) is 0 Å². The van der Waals surface area contributed by atoms with Crippen LogP contribution in [0.25, 0.3) is 0 Å². The largest absolute Gasteiger partial charge is 0.340 e. The lowest BCUT2D eigenvalue weighted by atomic mass is 10.0. The highest BCUT2D eigenvalue weighted by Gasteiger charge is 2.27. The summed E-state index contributed by atoms with van der Waals surface area (Å²) in [6.07, 6.45) is 0.465. The number of hydrogen-bond acceptors (Lipinski definition) is 2. The van der Waals surface area contributed by atoms with Gasteiger partial charge in [0.25, 0.3) is 0 Å². The molecule has 3 nitrogen and oxygen atoms in total. The maximum Gasteiger partial charge on any atom is 0.227 e. The summed E-state index contributed by atoms with van der Waals surface area (Å²) in [5.41, 5.74) is 1.21. The third-order valence-corrected chi connectivity index (χ3v) is 4.10. The van der Waals surface area contributed by atoms with E-state index in [1.165, 1.54) is 0 Å². The molecular weight excluding hydrogens is 272 g/mol. The molecule has 1 aliphatic rings. The minimum Gasteiger partial charge on any atom is -0.340 e. The first kappa shape index (κ1) is 15.3. The molecule has 1 saturated heterocycles. The molecule has 1 heterocycles. The van der Waals surface area contributed by atoms with Gasteiger partial charge in [0.2, 0.25) is 5.91 Å². The fraction of sp³-hybridized carbons (Fsp3) is 0.562. The first-order valence-corrected chi connectivity index (χ1v) is 7.51. The van der Waals surface area contributed by atoms with Crippen LogP contribution in [0.5, 0.6) is 0 Å². The summed E-state index contributed by atoms with van der Waals surface area (Å²) >= 11 is 5.85. The Hall–Kier alpha value is -1.06. The minimum absolute atomic E-state index is 0.186. The van der Waals surface area contributed by atoms with Gasteiger partial charge >= 0.3 is 0 Å². The van der Waals surface area contributed by atoms with E-state index in [0.29, 0.717) is 11.4 Å². The first-order valence-electron chi connectivity index (χ1n) is 7.13. The number of amides is 1. The van der Waals surface area contributed by atoms with Gasteiger partial charge in [-0.05, 0) is 38.5 Å². The third kappa shape index (κ3) is 3.97. The van der Waals surface area contributed by atoms with Crippen molar-refractivity contribution in [2.45, 2.75) is 32.7 Å². The van der Waals surface area contributed by atoms with Crippen molar-refractivity contribution in [3.05, 3.63) is 34.9 Å². The van der Waals surface area contributed by atoms with Crippen LogP contribution in [0.1, 0.15) is 26.3 Å². The molecule has 0 bridgehead atoms. The molecule has 0 spiro atoms. The number of rotatable bonds is 2. The number of hydrogen-bond donors (Lipinski definition) is 0. The normalized spacial score (nSPS) is 17.3. The molecule has 110 valence electrons. The lowest BCUT2D eigenvalue weighted by Crippen LogP contribution is -2.54. The van der Waals surface area contributed by atoms with Crippen LogP contribution in [0.2, 0.25) is 5.02 Å². The van der Waals surface area contributed by atoms with Crippen molar-refractivity contribution < 1.29 is 4.79 Å². The van der Waals surface area contributed by atoms with E-state index in [2.05, 4.69) is 25.7 Å². The Labute approximate surface area is 126 Å². The topological polar surface area (TPSA) is 23.6 Å². The van der Waals surface area contributed by atoms with E-state index >= 15 is 0 Å². The Kier molecular flexibility index (Phi) is 4.71. The molecule has 0 atom stereocenters. The quantitative estimate of drug-likeness (QED) is 0.837. The number of nitrogens with zero attached hydrogens (tertiary/aromatic N) is 2. The Morgan fingerprint density at radius 3 is 2.15 bits per heavy atom. The second-order valence-electron chi connectivity index (χ2n) is 6.34. The molecule has 0 aromatic heterocycles. The maximum absolute atomic E-state index is 12.3. The van der Waals surface area contributed by atoms with E-state index in [-0.39, 0.29) is 11.4 Å². The van der Waals surface area contributed by atoms with Crippen LogP contribution >= 0.6 is 11.6 Å². The molecule has 1 aliphatic heterocycles. The van der Waals surface area contributed by atoms with Gasteiger partial charge in [-0.15, -0.1) is 0 Å². The fourth-order valence-corrected chi connectivity index (χ4v) is 2.64. The van der Waals surface area contributed by atoms with Crippen LogP contribution in [0.15, 0.2) is 24.3 Å². The van der Waals surface area contributed by atoms with Crippen LogP contribution in [0.3, 0.4) is 0 Å². The first-order chi connectivity index (χ1) is 9.36. The monoisotopic (exact) mass is 294 g/mol. The highest BCUT2D eigenvalue weighted by atomic mass is 35.5. The summed E-state index contributed by atoms with van der Waals surface area (Å²) in [6.45, 7) is 10.2. The predicted octanol–water partition coefficient (Wildman–Crippen LogP) is 2.83. The van der Waals surface area contributed by atoms with Gasteiger partial charge in [0.05, 0.1) is 6.42 Å². The number of halogens is 1. The molecule has 4 heteroatoms. The molecule has 0 N–H and O–H groups in total. The average Bonchev–Trinajstić information content (AvgIpc) is 2.40. The zero-order chi connectivity index (χ0) is 14.8. The number of carbonyl (C=O) groups is 1. The SMILES string of the molecule is CC(C)(C)N1CCN(C(=O)Cc2ccc(Cl)cc2)CC1. The summed E-state index contributed by atoms with van der Waals surface area (Å²) < 4.78 is 0. The fourth-order valence-electron chi connectivity index (χ4n) is 2.52. The highest BCUT2D eigenvalue weighted by Crippen LogP contribution is 2.17. The summed E-state index contributed by atoms with van der Waals surface area (Å²) in [4.78, 5) is 16.7. The van der Waals surface area contributed by atoms with Crippen LogP contribution < -0.4 is 0 Å². The van der Waals surface area contributed by atoms with Crippen LogP contribution in [-0.2, 0) is 11.2 Å². The Morgan fingerprint density at radius 2 is 1.65 bits per heavy atom. The van der Waals surface area contributed by atoms with Crippen LogP contribution in [0.4, 0.5) is 0 Å². The lowest BCUT2D eigenvalue weighted by molar-refractivity contribution is -0.133. The van der Waals surface area contributed by atoms with Crippen molar-refractivity contribution in [2.75, 3.05) is 26.2 Å². The van der Waals surface area contributed by atoms with Crippen molar-refractivity contribution >= 4 is 17.5 Å². The van der Waals surface area contributed by atoms with E-state index < -0.39 is 0 Å². The van der Waals surface area contributed by atoms with Crippen LogP contribution in [-0.4, -0.2) is 47.4 Å². The molecule has 1 aromatic rings. The van der Waals surface area contributed by atoms with E-state index in [1.807, 2.05) is 29.2 Å². The summed E-state index contributed by atoms with van der Waals surface area (Å²) in [5.74, 6) is 0.209. The zero-order valence-corrected chi connectivity index (χ0v) is 13.3. The molecular formula is C16H23ClN2O. The summed E-state index contributed by atoms with van der Waals surface area (Å²) in [7, 11) is 0. The van der Waals surface area contributed by atoms with Crippen molar-refractivity contribution in [1.29, 1.82) is 0 Å². The van der Waals surface area contributed by atoms with Gasteiger partial charge in [0.15, 0.2) is 0 Å². The Bertz CT molecular complexity index is 456. The van der Waals surface area contributed by atoms with Gasteiger partial charge in [0.1, 0.15) is 0 Å². The van der Waals surface area contributed by atoms with E-state index in [1.54, 1.807) is 0 Å². The lowest BCUT2D eigenvalue weighted by Gasteiger charge is -2.42. The van der Waals surface area contributed by atoms with Gasteiger partial charge in [0, 0.05) is 36.7 Å². The van der Waals surface area contributed by atoms with E-state index in [0.717, 1.165) is 31.7 Å². The average molecular weight is 295 g/mol. The molecule has 2 rings (SSSR count). The zero-order valence-electron chi connectivity index (χ0n) is 12.5. The maximum atomic E-state index is 12.3. The molecule has 0 saturated carbocycles. The molecule has 20 heavy (non-hydrogen) atoms. The number of piperazine rings is 1. The van der Waals surface area contributed by atoms with Gasteiger partial charge in [-0.2, -0.15) is 0 Å². The third-order valence-electron chi connectivity index (χ3n) is 3.85. The smallest absolute Gasteiger partial charge is 0.227 e. The molecule has 1 amide bonds. The second kappa shape index (κ2) is 6.15. The van der Waals surface area contributed by atoms with Gasteiger partial charge in [-0.1, -0.05) is 23.7 Å². The van der Waals surface area contributed by atoms with Crippen molar-refractivity contribution in [1.82, 2.24) is 9.80 Å². The number of carbonyl (C=O) groups excluding carboxylic acids is 1. The van der Waals surface area contributed by atoms with Crippen LogP contribution in [0, 0.1) is 0 Å². The number of benzene rings is 1. The molecule has 1 fully saturated rings. The Morgan fingerprint density at radius 1 is 1.10 bits per heavy atom. The van der Waals surface area contributed by atoms with E-state index in [9.17, 15) is 4.79 Å². The second-order valence-corrected chi connectivity index (χ2v) is 6.78. The minimum atomic E-state index is 0.186. The Balaban J connectivity index is 1.87. The van der Waals surface area contributed by atoms with Crippen molar-refractivity contribution in [3.8, 4) is 0 Å².